The topological polar surface area (TPSA) is 68.6 Å². The number of aromatic nitrogens is 1. The van der Waals surface area contributed by atoms with E-state index in [-0.39, 0.29) is 6.42 Å². The number of aliphatic imine (C=N–C) groups is 1. The lowest BCUT2D eigenvalue weighted by molar-refractivity contribution is -0.142. The van der Waals surface area contributed by atoms with Gasteiger partial charge in [-0.2, -0.15) is 18.2 Å². The normalized spacial score (nSPS) is 11.3. The zero-order valence-electron chi connectivity index (χ0n) is 11.3. The van der Waals surface area contributed by atoms with Gasteiger partial charge in [-0.05, 0) is 12.0 Å². The highest BCUT2D eigenvalue weighted by molar-refractivity contribution is 5.94. The zero-order valence-corrected chi connectivity index (χ0v) is 11.3. The van der Waals surface area contributed by atoms with Crippen LogP contribution in [0.2, 0.25) is 0 Å². The molecular formula is C12H9F5N2O3. The number of pyridine rings is 1. The Morgan fingerprint density at radius 3 is 2.36 bits per heavy atom. The number of ether oxygens (including phenoxy) is 1. The van der Waals surface area contributed by atoms with E-state index in [1.54, 1.807) is 0 Å². The number of isocyanates is 1. The molecule has 0 aliphatic heterocycles. The summed E-state index contributed by atoms with van der Waals surface area (Å²) in [6, 6.07) is 0. The molecule has 0 spiro atoms. The van der Waals surface area contributed by atoms with Crippen LogP contribution in [0.1, 0.15) is 40.7 Å². The summed E-state index contributed by atoms with van der Waals surface area (Å²) < 4.78 is 69.1. The van der Waals surface area contributed by atoms with E-state index in [4.69, 9.17) is 0 Å². The Bertz CT molecular complexity index is 637. The molecule has 0 fully saturated rings. The highest BCUT2D eigenvalue weighted by atomic mass is 19.4. The molecule has 120 valence electrons. The average molecular weight is 324 g/mol. The molecule has 0 unspecified atom stereocenters. The van der Waals surface area contributed by atoms with Crippen molar-refractivity contribution in [1.82, 2.24) is 4.98 Å². The van der Waals surface area contributed by atoms with E-state index in [1.165, 1.54) is 6.92 Å². The third-order valence-corrected chi connectivity index (χ3v) is 2.68. The molecule has 0 aliphatic rings. The van der Waals surface area contributed by atoms with Crippen LogP contribution in [0.25, 0.3) is 0 Å². The van der Waals surface area contributed by atoms with Gasteiger partial charge in [0.25, 0.3) is 6.43 Å². The number of hydrogen-bond donors (Lipinski definition) is 0. The van der Waals surface area contributed by atoms with Crippen LogP contribution in [-0.4, -0.2) is 24.1 Å². The van der Waals surface area contributed by atoms with E-state index in [0.717, 1.165) is 13.2 Å². The quantitative estimate of drug-likeness (QED) is 0.369. The Hall–Kier alpha value is -2.35. The van der Waals surface area contributed by atoms with Gasteiger partial charge in [-0.25, -0.2) is 23.4 Å². The first-order valence-electron chi connectivity index (χ1n) is 5.77. The Balaban J connectivity index is 3.98. The van der Waals surface area contributed by atoms with Gasteiger partial charge >= 0.3 is 12.1 Å². The van der Waals surface area contributed by atoms with Crippen molar-refractivity contribution in [3.05, 3.63) is 22.5 Å². The second kappa shape index (κ2) is 6.61. The van der Waals surface area contributed by atoms with Gasteiger partial charge in [0.1, 0.15) is 11.4 Å². The van der Waals surface area contributed by atoms with Crippen molar-refractivity contribution in [2.24, 2.45) is 4.99 Å². The molecule has 0 aliphatic carbocycles. The first kappa shape index (κ1) is 17.7. The first-order valence-corrected chi connectivity index (χ1v) is 5.77. The van der Waals surface area contributed by atoms with Crippen LogP contribution < -0.4 is 0 Å². The van der Waals surface area contributed by atoms with Crippen LogP contribution in [0.5, 0.6) is 0 Å². The second-order valence-corrected chi connectivity index (χ2v) is 3.89. The molecule has 1 heterocycles. The fraction of sp³-hybridized carbons (Fsp3) is 0.417. The van der Waals surface area contributed by atoms with Gasteiger partial charge in [0, 0.05) is 0 Å². The van der Waals surface area contributed by atoms with E-state index in [1.807, 2.05) is 0 Å². The molecule has 0 atom stereocenters. The Labute approximate surface area is 120 Å². The molecule has 0 bridgehead atoms. The highest BCUT2D eigenvalue weighted by Crippen LogP contribution is 2.40. The predicted molar refractivity (Wildman–Crippen MR) is 62.7 cm³/mol. The van der Waals surface area contributed by atoms with E-state index >= 15 is 0 Å². The minimum absolute atomic E-state index is 0.281. The van der Waals surface area contributed by atoms with Crippen LogP contribution in [0.15, 0.2) is 4.99 Å². The summed E-state index contributed by atoms with van der Waals surface area (Å²) >= 11 is 0. The lowest BCUT2D eigenvalue weighted by Crippen LogP contribution is -2.20. The second-order valence-electron chi connectivity index (χ2n) is 3.89. The molecule has 22 heavy (non-hydrogen) atoms. The smallest absolute Gasteiger partial charge is 0.434 e. The van der Waals surface area contributed by atoms with Gasteiger partial charge in [0.15, 0.2) is 5.69 Å². The molecule has 10 heteroatoms. The van der Waals surface area contributed by atoms with Crippen molar-refractivity contribution in [3.8, 4) is 0 Å². The summed E-state index contributed by atoms with van der Waals surface area (Å²) in [6.45, 7) is 1.31. The molecule has 1 rings (SSSR count). The van der Waals surface area contributed by atoms with Crippen molar-refractivity contribution in [2.45, 2.75) is 25.9 Å². The standard InChI is InChI=1S/C12H9F5N2O3/c1-3-5-6(11(21)22-2)9(12(15,16)17)19-8(10(13)14)7(5)18-4-20/h10H,3H2,1-2H3. The van der Waals surface area contributed by atoms with Crippen LogP contribution in [0, 0.1) is 0 Å². The molecule has 0 N–H and O–H groups in total. The van der Waals surface area contributed by atoms with Crippen LogP contribution in [-0.2, 0) is 22.1 Å². The number of carbonyl (C=O) groups excluding carboxylic acids is 2. The summed E-state index contributed by atoms with van der Waals surface area (Å²) in [6.07, 6.45) is -7.91. The number of hydrogen-bond acceptors (Lipinski definition) is 5. The largest absolute Gasteiger partial charge is 0.465 e. The third kappa shape index (κ3) is 3.28. The fourth-order valence-corrected chi connectivity index (χ4v) is 1.84. The summed E-state index contributed by atoms with van der Waals surface area (Å²) in [5.74, 6) is -1.42. The van der Waals surface area contributed by atoms with Gasteiger partial charge in [0.2, 0.25) is 6.08 Å². The van der Waals surface area contributed by atoms with Crippen molar-refractivity contribution in [3.63, 3.8) is 0 Å². The molecule has 5 nitrogen and oxygen atoms in total. The zero-order chi connectivity index (χ0) is 17.1. The number of halogens is 5. The number of rotatable bonds is 4. The maximum Gasteiger partial charge on any atom is 0.434 e. The Morgan fingerprint density at radius 1 is 1.41 bits per heavy atom. The number of nitrogens with zero attached hydrogens (tertiary/aromatic N) is 2. The van der Waals surface area contributed by atoms with Crippen molar-refractivity contribution in [1.29, 1.82) is 0 Å². The van der Waals surface area contributed by atoms with Gasteiger partial charge in [0.05, 0.1) is 12.7 Å². The molecule has 0 radical (unpaired) electrons. The molecule has 1 aromatic heterocycles. The van der Waals surface area contributed by atoms with E-state index in [0.29, 0.717) is 0 Å². The fourth-order valence-electron chi connectivity index (χ4n) is 1.84. The van der Waals surface area contributed by atoms with Gasteiger partial charge in [-0.1, -0.05) is 6.92 Å². The van der Waals surface area contributed by atoms with Crippen LogP contribution >= 0.6 is 0 Å². The number of carbonyl (C=O) groups is 1. The van der Waals surface area contributed by atoms with E-state index < -0.39 is 46.8 Å². The SMILES string of the molecule is CCc1c(N=C=O)c(C(F)F)nc(C(F)(F)F)c1C(=O)OC. The summed E-state index contributed by atoms with van der Waals surface area (Å²) in [5, 5.41) is 0. The average Bonchev–Trinajstić information content (AvgIpc) is 2.44. The number of esters is 1. The van der Waals surface area contributed by atoms with Gasteiger partial charge in [-0.15, -0.1) is 0 Å². The number of methoxy groups -OCH3 is 1. The Morgan fingerprint density at radius 2 is 2.00 bits per heavy atom. The lowest BCUT2D eigenvalue weighted by atomic mass is 9.99. The van der Waals surface area contributed by atoms with Crippen molar-refractivity contribution < 1.29 is 36.3 Å². The maximum atomic E-state index is 13.0. The molecule has 0 saturated carbocycles. The minimum Gasteiger partial charge on any atom is -0.465 e. The van der Waals surface area contributed by atoms with Crippen molar-refractivity contribution in [2.75, 3.05) is 7.11 Å². The Kier molecular flexibility index (Phi) is 5.32. The summed E-state index contributed by atoms with van der Waals surface area (Å²) in [7, 11) is 0.825. The van der Waals surface area contributed by atoms with Crippen LogP contribution in [0.4, 0.5) is 27.6 Å². The minimum atomic E-state index is -5.17. The molecule has 1 aromatic rings. The predicted octanol–water partition coefficient (Wildman–Crippen LogP) is 3.35. The summed E-state index contributed by atoms with van der Waals surface area (Å²) in [4.78, 5) is 27.7. The van der Waals surface area contributed by atoms with Gasteiger partial charge < -0.3 is 4.74 Å². The summed E-state index contributed by atoms with van der Waals surface area (Å²) in [5.41, 5.74) is -5.51. The molecular weight excluding hydrogens is 315 g/mol. The third-order valence-electron chi connectivity index (χ3n) is 2.68. The van der Waals surface area contributed by atoms with Crippen LogP contribution in [0.3, 0.4) is 0 Å². The van der Waals surface area contributed by atoms with Gasteiger partial charge in [-0.3, -0.25) is 0 Å². The monoisotopic (exact) mass is 324 g/mol. The van der Waals surface area contributed by atoms with E-state index in [9.17, 15) is 31.5 Å². The molecule has 0 amide bonds. The molecule has 0 aromatic carbocycles. The first-order chi connectivity index (χ1) is 10.2. The maximum absolute atomic E-state index is 13.0. The lowest BCUT2D eigenvalue weighted by Gasteiger charge is -2.17. The van der Waals surface area contributed by atoms with E-state index in [2.05, 4.69) is 14.7 Å². The highest BCUT2D eigenvalue weighted by Gasteiger charge is 2.41. The van der Waals surface area contributed by atoms with Crippen molar-refractivity contribution >= 4 is 17.7 Å². The molecule has 0 saturated heterocycles. The number of alkyl halides is 5.